The average molecular weight is 540 g/mol. The molecule has 0 saturated carbocycles. The third-order valence-electron chi connectivity index (χ3n) is 5.87. The molecule has 2 aliphatic rings. The maximum Gasteiger partial charge on any atom is 0.329 e. The number of fused-ring (bicyclic) bond motifs is 7. The number of rotatable bonds is 2. The van der Waals surface area contributed by atoms with E-state index in [9.17, 15) is 24.0 Å². The van der Waals surface area contributed by atoms with Crippen molar-refractivity contribution in [1.29, 1.82) is 0 Å². The molecule has 0 aliphatic carbocycles. The molecule has 2 rings (SSSR count). The van der Waals surface area contributed by atoms with Gasteiger partial charge in [-0.1, -0.05) is 61.4 Å². The van der Waals surface area contributed by atoms with Gasteiger partial charge in [-0.05, 0) is 31.3 Å². The van der Waals surface area contributed by atoms with Crippen LogP contribution in [0.15, 0.2) is 23.8 Å². The summed E-state index contributed by atoms with van der Waals surface area (Å²) in [5.41, 5.74) is 0.205. The Kier molecular flexibility index (Phi) is 12.0. The third-order valence-corrected chi connectivity index (χ3v) is 8.32. The molecular formula is C25H37N3O6S2. The maximum atomic E-state index is 13.3. The predicted octanol–water partition coefficient (Wildman–Crippen LogP) is 2.32. The lowest BCUT2D eigenvalue weighted by Crippen LogP contribution is -2.55. The highest BCUT2D eigenvalue weighted by molar-refractivity contribution is 8.76. The van der Waals surface area contributed by atoms with Crippen LogP contribution in [0.3, 0.4) is 0 Å². The molecule has 11 heteroatoms. The van der Waals surface area contributed by atoms with Crippen LogP contribution < -0.4 is 16.0 Å². The fourth-order valence-corrected chi connectivity index (χ4v) is 5.88. The summed E-state index contributed by atoms with van der Waals surface area (Å²) in [5.74, 6) is -1.97. The summed E-state index contributed by atoms with van der Waals surface area (Å²) >= 11 is 0. The number of Topliss-reactive ketones (excluding diaryl/α,β-unsaturated/α-hetero) is 1. The summed E-state index contributed by atoms with van der Waals surface area (Å²) in [7, 11) is 3.02. The van der Waals surface area contributed by atoms with E-state index in [0.717, 1.165) is 5.75 Å². The van der Waals surface area contributed by atoms with E-state index in [4.69, 9.17) is 4.74 Å². The first-order valence-corrected chi connectivity index (χ1v) is 14.7. The minimum atomic E-state index is -0.963. The van der Waals surface area contributed by atoms with Gasteiger partial charge in [0, 0.05) is 23.5 Å². The molecule has 1 saturated heterocycles. The van der Waals surface area contributed by atoms with Gasteiger partial charge in [0.25, 0.3) is 0 Å². The summed E-state index contributed by atoms with van der Waals surface area (Å²) in [5, 5.41) is 8.24. The first-order valence-electron chi connectivity index (χ1n) is 12.2. The lowest BCUT2D eigenvalue weighted by Gasteiger charge is -2.27. The first-order chi connectivity index (χ1) is 17.0. The number of nitrogens with one attached hydrogen (secondary N) is 3. The molecule has 0 radical (unpaired) electrons. The molecule has 9 nitrogen and oxygen atoms in total. The number of hydrogen-bond donors (Lipinski definition) is 3. The Bertz CT molecular complexity index is 902. The normalized spacial score (nSPS) is 29.9. The molecule has 0 aromatic rings. The Morgan fingerprint density at radius 1 is 0.972 bits per heavy atom. The summed E-state index contributed by atoms with van der Waals surface area (Å²) in [6.45, 7) is 8.79. The van der Waals surface area contributed by atoms with Gasteiger partial charge in [0.05, 0.1) is 12.5 Å². The van der Waals surface area contributed by atoms with Crippen LogP contribution in [0.2, 0.25) is 0 Å². The standard InChI is InChI=1S/C25H37N3O6S2/c1-6-16-11-19(29)18-13-36-35-10-8-7-9-17(34-25(33)22(15(4)5)28-23(16)31)12-20(30)27-21(14(2)3)24(32)26-18/h6-7,9,14-15,17-18,21-22H,8,10-13H2,1-5H3,(H,26,32)(H,27,30)(H,28,31)/b9-7+,16-6+/t17-,18-,21-,22?/m1/s1. The van der Waals surface area contributed by atoms with E-state index in [1.165, 1.54) is 16.9 Å². The zero-order chi connectivity index (χ0) is 26.8. The zero-order valence-corrected chi connectivity index (χ0v) is 23.1. The molecule has 3 amide bonds. The maximum absolute atomic E-state index is 13.3. The Morgan fingerprint density at radius 2 is 1.67 bits per heavy atom. The number of carbonyl (C=O) groups excluding carboxylic acids is 5. The van der Waals surface area contributed by atoms with Crippen molar-refractivity contribution >= 4 is 51.1 Å². The van der Waals surface area contributed by atoms with Crippen LogP contribution in [0.1, 0.15) is 53.9 Å². The molecule has 200 valence electrons. The zero-order valence-electron chi connectivity index (χ0n) is 21.5. The van der Waals surface area contributed by atoms with Gasteiger partial charge in [-0.25, -0.2) is 4.79 Å². The topological polar surface area (TPSA) is 131 Å². The van der Waals surface area contributed by atoms with E-state index in [0.29, 0.717) is 12.2 Å². The molecule has 1 fully saturated rings. The predicted molar refractivity (Wildman–Crippen MR) is 142 cm³/mol. The Labute approximate surface area is 220 Å². The molecule has 2 heterocycles. The molecule has 1 unspecified atom stereocenters. The second kappa shape index (κ2) is 14.5. The lowest BCUT2D eigenvalue weighted by molar-refractivity contribution is -0.153. The molecule has 0 aromatic carbocycles. The van der Waals surface area contributed by atoms with Crippen molar-refractivity contribution in [2.75, 3.05) is 11.5 Å². The quantitative estimate of drug-likeness (QED) is 0.211. The van der Waals surface area contributed by atoms with Crippen molar-refractivity contribution in [3.05, 3.63) is 23.8 Å². The van der Waals surface area contributed by atoms with Crippen LogP contribution in [0.5, 0.6) is 0 Å². The minimum Gasteiger partial charge on any atom is -0.456 e. The number of amides is 3. The largest absolute Gasteiger partial charge is 0.456 e. The molecule has 0 spiro atoms. The van der Waals surface area contributed by atoms with Gasteiger partial charge in [0.2, 0.25) is 17.7 Å². The van der Waals surface area contributed by atoms with Crippen molar-refractivity contribution in [2.45, 2.75) is 78.1 Å². The molecule has 2 aliphatic heterocycles. The number of ether oxygens (including phenoxy) is 1. The molecule has 0 aromatic heterocycles. The van der Waals surface area contributed by atoms with Gasteiger partial charge in [-0.15, -0.1) is 0 Å². The summed E-state index contributed by atoms with van der Waals surface area (Å²) in [6, 6.07) is -2.69. The fourth-order valence-electron chi connectivity index (χ4n) is 3.69. The smallest absolute Gasteiger partial charge is 0.329 e. The van der Waals surface area contributed by atoms with Gasteiger partial charge in [-0.2, -0.15) is 0 Å². The molecule has 36 heavy (non-hydrogen) atoms. The second-order valence-electron chi connectivity index (χ2n) is 9.51. The molecular weight excluding hydrogens is 502 g/mol. The van der Waals surface area contributed by atoms with Gasteiger partial charge < -0.3 is 20.7 Å². The van der Waals surface area contributed by atoms with Crippen LogP contribution in [0, 0.1) is 11.8 Å². The third kappa shape index (κ3) is 8.99. The second-order valence-corrected chi connectivity index (χ2v) is 12.1. The van der Waals surface area contributed by atoms with E-state index in [1.807, 2.05) is 6.08 Å². The van der Waals surface area contributed by atoms with Gasteiger partial charge >= 0.3 is 5.97 Å². The molecule has 4 atom stereocenters. The van der Waals surface area contributed by atoms with E-state index in [2.05, 4.69) is 16.0 Å². The Balaban J connectivity index is 2.55. The highest BCUT2D eigenvalue weighted by Gasteiger charge is 2.33. The van der Waals surface area contributed by atoms with Crippen molar-refractivity contribution in [1.82, 2.24) is 16.0 Å². The number of hydrogen-bond acceptors (Lipinski definition) is 8. The monoisotopic (exact) mass is 539 g/mol. The van der Waals surface area contributed by atoms with E-state index in [-0.39, 0.29) is 36.0 Å². The number of esters is 1. The highest BCUT2D eigenvalue weighted by atomic mass is 33.1. The van der Waals surface area contributed by atoms with Crippen LogP contribution in [-0.4, -0.2) is 65.2 Å². The van der Waals surface area contributed by atoms with Crippen molar-refractivity contribution in [3.8, 4) is 0 Å². The number of allylic oxidation sites excluding steroid dienone is 2. The van der Waals surface area contributed by atoms with Gasteiger partial charge in [0.1, 0.15) is 18.2 Å². The minimum absolute atomic E-state index is 0.179. The van der Waals surface area contributed by atoms with Crippen LogP contribution >= 0.6 is 21.6 Å². The number of ketones is 1. The summed E-state index contributed by atoms with van der Waals surface area (Å²) in [6.07, 6.45) is 4.48. The average Bonchev–Trinajstić information content (AvgIpc) is 2.81. The van der Waals surface area contributed by atoms with Crippen molar-refractivity contribution in [3.63, 3.8) is 0 Å². The molecule has 3 N–H and O–H groups in total. The Hall–Kier alpha value is -2.27. The fraction of sp³-hybridized carbons (Fsp3) is 0.640. The summed E-state index contributed by atoms with van der Waals surface area (Å²) in [4.78, 5) is 65.4. The van der Waals surface area contributed by atoms with E-state index >= 15 is 0 Å². The lowest BCUT2D eigenvalue weighted by atomic mass is 9.99. The van der Waals surface area contributed by atoms with Crippen molar-refractivity contribution in [2.24, 2.45) is 11.8 Å². The Morgan fingerprint density at radius 3 is 2.31 bits per heavy atom. The first kappa shape index (κ1) is 30.0. The van der Waals surface area contributed by atoms with Crippen LogP contribution in [0.25, 0.3) is 0 Å². The van der Waals surface area contributed by atoms with Crippen LogP contribution in [0.4, 0.5) is 0 Å². The SMILES string of the molecule is C/C=C1\CC(=O)[C@H]2CSSCC/C=C/[C@H](CC(=O)N[C@H](C(C)C)C(=O)N2)OC(=O)C(C(C)C)NC1=O. The highest BCUT2D eigenvalue weighted by Crippen LogP contribution is 2.25. The van der Waals surface area contributed by atoms with E-state index < -0.39 is 47.9 Å². The van der Waals surface area contributed by atoms with Crippen molar-refractivity contribution < 1.29 is 28.7 Å². The molecule has 2 bridgehead atoms. The van der Waals surface area contributed by atoms with Gasteiger partial charge in [0.15, 0.2) is 5.78 Å². The van der Waals surface area contributed by atoms with E-state index in [1.54, 1.807) is 51.5 Å². The van der Waals surface area contributed by atoms with Crippen LogP contribution in [-0.2, 0) is 28.7 Å². The van der Waals surface area contributed by atoms with Gasteiger partial charge in [-0.3, -0.25) is 19.2 Å². The summed E-state index contributed by atoms with van der Waals surface area (Å²) < 4.78 is 5.67. The number of carbonyl (C=O) groups is 5.